The molecule has 0 saturated heterocycles. The first-order valence-electron chi connectivity index (χ1n) is 4.54. The number of benzene rings is 1. The minimum absolute atomic E-state index is 0.181. The fourth-order valence-electron chi connectivity index (χ4n) is 1.08. The summed E-state index contributed by atoms with van der Waals surface area (Å²) in [6.45, 7) is 0.652. The van der Waals surface area contributed by atoms with Crippen LogP contribution in [-0.2, 0) is 0 Å². The van der Waals surface area contributed by atoms with Crippen LogP contribution in [0, 0.1) is 0 Å². The highest BCUT2D eigenvalue weighted by atomic mass is 35.5. The van der Waals surface area contributed by atoms with Crippen LogP contribution in [0.25, 0.3) is 0 Å². The molecule has 1 aromatic rings. The van der Waals surface area contributed by atoms with Crippen molar-refractivity contribution in [1.82, 2.24) is 5.32 Å². The lowest BCUT2D eigenvalue weighted by Crippen LogP contribution is -2.29. The Kier molecular flexibility index (Phi) is 5.19. The molecule has 1 aromatic carbocycles. The third-order valence-corrected chi connectivity index (χ3v) is 2.59. The summed E-state index contributed by atoms with van der Waals surface area (Å²) in [7, 11) is 1.76. The van der Waals surface area contributed by atoms with Gasteiger partial charge in [0, 0.05) is 6.54 Å². The average molecular weight is 250 g/mol. The summed E-state index contributed by atoms with van der Waals surface area (Å²) in [6, 6.07) is 5.13. The molecule has 1 atom stereocenters. The molecule has 0 spiro atoms. The van der Waals surface area contributed by atoms with Gasteiger partial charge in [-0.2, -0.15) is 0 Å². The Morgan fingerprint density at radius 2 is 2.20 bits per heavy atom. The molecule has 5 heteroatoms. The maximum absolute atomic E-state index is 9.41. The molecule has 0 aliphatic rings. The number of nitrogens with one attached hydrogen (secondary N) is 1. The number of hydrogen-bond donors (Lipinski definition) is 2. The van der Waals surface area contributed by atoms with Crippen LogP contribution < -0.4 is 10.1 Å². The standard InChI is InChI=1S/C10H13Cl2NO2/c1-13-5-7(14)6-15-9-4-2-3-8(11)10(9)12/h2-4,7,13-14H,5-6H2,1H3. The quantitative estimate of drug-likeness (QED) is 0.839. The summed E-state index contributed by atoms with van der Waals surface area (Å²) in [5, 5.41) is 13.1. The van der Waals surface area contributed by atoms with Crippen LogP contribution in [-0.4, -0.2) is 31.4 Å². The maximum Gasteiger partial charge on any atom is 0.139 e. The predicted octanol–water partition coefficient (Wildman–Crippen LogP) is 1.95. The fourth-order valence-corrected chi connectivity index (χ4v) is 1.42. The van der Waals surface area contributed by atoms with Crippen molar-refractivity contribution in [3.8, 4) is 5.75 Å². The zero-order valence-electron chi connectivity index (χ0n) is 8.34. The van der Waals surface area contributed by atoms with Gasteiger partial charge in [0.05, 0.1) is 5.02 Å². The first-order valence-corrected chi connectivity index (χ1v) is 5.30. The summed E-state index contributed by atoms with van der Waals surface area (Å²) < 4.78 is 5.33. The second-order valence-corrected chi connectivity index (χ2v) is 3.86. The SMILES string of the molecule is CNCC(O)COc1cccc(Cl)c1Cl. The largest absolute Gasteiger partial charge is 0.489 e. The molecule has 1 rings (SSSR count). The van der Waals surface area contributed by atoms with Crippen molar-refractivity contribution >= 4 is 23.2 Å². The molecule has 0 radical (unpaired) electrons. The molecule has 0 amide bonds. The van der Waals surface area contributed by atoms with Crippen LogP contribution in [0.3, 0.4) is 0 Å². The molecule has 0 aromatic heterocycles. The van der Waals surface area contributed by atoms with Gasteiger partial charge in [0.25, 0.3) is 0 Å². The number of aliphatic hydroxyl groups is 1. The lowest BCUT2D eigenvalue weighted by Gasteiger charge is -2.12. The molecule has 2 N–H and O–H groups in total. The van der Waals surface area contributed by atoms with E-state index in [-0.39, 0.29) is 6.61 Å². The van der Waals surface area contributed by atoms with E-state index in [2.05, 4.69) is 5.32 Å². The number of aliphatic hydroxyl groups excluding tert-OH is 1. The molecular formula is C10H13Cl2NO2. The van der Waals surface area contributed by atoms with Crippen molar-refractivity contribution in [2.45, 2.75) is 6.10 Å². The Hall–Kier alpha value is -0.480. The van der Waals surface area contributed by atoms with Gasteiger partial charge in [0.2, 0.25) is 0 Å². The molecule has 15 heavy (non-hydrogen) atoms. The smallest absolute Gasteiger partial charge is 0.139 e. The number of ether oxygens (including phenoxy) is 1. The van der Waals surface area contributed by atoms with Crippen molar-refractivity contribution in [3.63, 3.8) is 0 Å². The predicted molar refractivity (Wildman–Crippen MR) is 61.9 cm³/mol. The van der Waals surface area contributed by atoms with Crippen LogP contribution >= 0.6 is 23.2 Å². The average Bonchev–Trinajstić information content (AvgIpc) is 2.21. The maximum atomic E-state index is 9.41. The van der Waals surface area contributed by atoms with Crippen molar-refractivity contribution in [2.24, 2.45) is 0 Å². The molecule has 0 aliphatic carbocycles. The second-order valence-electron chi connectivity index (χ2n) is 3.07. The van der Waals surface area contributed by atoms with E-state index in [1.54, 1.807) is 25.2 Å². The number of rotatable bonds is 5. The van der Waals surface area contributed by atoms with E-state index in [4.69, 9.17) is 27.9 Å². The van der Waals surface area contributed by atoms with Gasteiger partial charge in [-0.25, -0.2) is 0 Å². The molecule has 0 heterocycles. The molecule has 0 saturated carbocycles. The van der Waals surface area contributed by atoms with Crippen LogP contribution in [0.15, 0.2) is 18.2 Å². The molecule has 0 bridgehead atoms. The van der Waals surface area contributed by atoms with E-state index in [1.165, 1.54) is 0 Å². The van der Waals surface area contributed by atoms with E-state index in [9.17, 15) is 5.11 Å². The Bertz CT molecular complexity index is 320. The highest BCUT2D eigenvalue weighted by Gasteiger charge is 2.08. The minimum Gasteiger partial charge on any atom is -0.489 e. The van der Waals surface area contributed by atoms with Crippen molar-refractivity contribution < 1.29 is 9.84 Å². The summed E-state index contributed by atoms with van der Waals surface area (Å²) in [4.78, 5) is 0. The van der Waals surface area contributed by atoms with E-state index < -0.39 is 6.10 Å². The first-order chi connectivity index (χ1) is 7.15. The van der Waals surface area contributed by atoms with Crippen LogP contribution in [0.2, 0.25) is 10.0 Å². The van der Waals surface area contributed by atoms with E-state index in [1.807, 2.05) is 0 Å². The van der Waals surface area contributed by atoms with Crippen LogP contribution in [0.4, 0.5) is 0 Å². The molecule has 0 aliphatic heterocycles. The summed E-state index contributed by atoms with van der Waals surface area (Å²) in [6.07, 6.45) is -0.565. The molecule has 84 valence electrons. The van der Waals surface area contributed by atoms with Gasteiger partial charge in [0.1, 0.15) is 23.5 Å². The highest BCUT2D eigenvalue weighted by Crippen LogP contribution is 2.31. The number of hydrogen-bond acceptors (Lipinski definition) is 3. The van der Waals surface area contributed by atoms with E-state index in [0.717, 1.165) is 0 Å². The van der Waals surface area contributed by atoms with E-state index in [0.29, 0.717) is 22.3 Å². The Morgan fingerprint density at radius 1 is 1.47 bits per heavy atom. The van der Waals surface area contributed by atoms with Gasteiger partial charge in [-0.1, -0.05) is 29.3 Å². The number of halogens is 2. The van der Waals surface area contributed by atoms with Gasteiger partial charge in [-0.3, -0.25) is 0 Å². The van der Waals surface area contributed by atoms with Crippen LogP contribution in [0.5, 0.6) is 5.75 Å². The summed E-state index contributed by atoms with van der Waals surface area (Å²) >= 11 is 11.7. The zero-order valence-corrected chi connectivity index (χ0v) is 9.85. The minimum atomic E-state index is -0.565. The summed E-state index contributed by atoms with van der Waals surface area (Å²) in [5.74, 6) is 0.485. The molecular weight excluding hydrogens is 237 g/mol. The van der Waals surface area contributed by atoms with Gasteiger partial charge in [0.15, 0.2) is 0 Å². The zero-order chi connectivity index (χ0) is 11.3. The fraction of sp³-hybridized carbons (Fsp3) is 0.400. The number of likely N-dealkylation sites (N-methyl/N-ethyl adjacent to an activating group) is 1. The van der Waals surface area contributed by atoms with Crippen molar-refractivity contribution in [2.75, 3.05) is 20.2 Å². The van der Waals surface area contributed by atoms with Gasteiger partial charge >= 0.3 is 0 Å². The Labute approximate surface area is 99.0 Å². The Morgan fingerprint density at radius 3 is 2.87 bits per heavy atom. The van der Waals surface area contributed by atoms with Crippen molar-refractivity contribution in [1.29, 1.82) is 0 Å². The lowest BCUT2D eigenvalue weighted by molar-refractivity contribution is 0.108. The molecule has 1 unspecified atom stereocenters. The van der Waals surface area contributed by atoms with E-state index >= 15 is 0 Å². The highest BCUT2D eigenvalue weighted by molar-refractivity contribution is 6.42. The third-order valence-electron chi connectivity index (χ3n) is 1.79. The molecule has 0 fully saturated rings. The normalized spacial score (nSPS) is 12.5. The Balaban J connectivity index is 2.54. The second kappa shape index (κ2) is 6.18. The first kappa shape index (κ1) is 12.6. The van der Waals surface area contributed by atoms with Gasteiger partial charge < -0.3 is 15.2 Å². The topological polar surface area (TPSA) is 41.5 Å². The van der Waals surface area contributed by atoms with Crippen LogP contribution in [0.1, 0.15) is 0 Å². The van der Waals surface area contributed by atoms with Gasteiger partial charge in [-0.05, 0) is 19.2 Å². The summed E-state index contributed by atoms with van der Waals surface area (Å²) in [5.41, 5.74) is 0. The molecule has 3 nitrogen and oxygen atoms in total. The third kappa shape index (κ3) is 3.87. The van der Waals surface area contributed by atoms with Crippen molar-refractivity contribution in [3.05, 3.63) is 28.2 Å². The van der Waals surface area contributed by atoms with Gasteiger partial charge in [-0.15, -0.1) is 0 Å². The lowest BCUT2D eigenvalue weighted by atomic mass is 10.3. The monoisotopic (exact) mass is 249 g/mol.